The highest BCUT2D eigenvalue weighted by molar-refractivity contribution is 7.80. The van der Waals surface area contributed by atoms with E-state index in [1.165, 1.54) is 57.8 Å². The molecule has 1 atom stereocenters. The Labute approximate surface area is 162 Å². The molecule has 1 saturated heterocycles. The molecule has 2 aliphatic rings. The number of hydrogen-bond donors (Lipinski definition) is 2. The second kappa shape index (κ2) is 9.35. The summed E-state index contributed by atoms with van der Waals surface area (Å²) in [6.07, 6.45) is 11.2. The van der Waals surface area contributed by atoms with Crippen molar-refractivity contribution in [3.05, 3.63) is 6.07 Å². The Kier molecular flexibility index (Phi) is 6.88. The van der Waals surface area contributed by atoms with E-state index in [0.717, 1.165) is 12.4 Å². The van der Waals surface area contributed by atoms with Crippen molar-refractivity contribution in [1.82, 2.24) is 15.3 Å². The van der Waals surface area contributed by atoms with Crippen LogP contribution in [0.25, 0.3) is 0 Å². The lowest BCUT2D eigenvalue weighted by atomic mass is 10.0. The van der Waals surface area contributed by atoms with Gasteiger partial charge in [0.1, 0.15) is 5.82 Å². The van der Waals surface area contributed by atoms with Gasteiger partial charge in [0, 0.05) is 24.7 Å². The average Bonchev–Trinajstić information content (AvgIpc) is 2.90. The smallest absolute Gasteiger partial charge is 0.234 e. The molecule has 6 nitrogen and oxygen atoms in total. The Bertz CT molecular complexity index is 604. The molecule has 0 bridgehead atoms. The van der Waals surface area contributed by atoms with Gasteiger partial charge < -0.3 is 20.3 Å². The SMILES string of the molecule is COc1cc(N2CCCC[C@@H]2C)nc(NC(=S)NC2CCCCCC2)n1. The Morgan fingerprint density at radius 3 is 2.54 bits per heavy atom. The highest BCUT2D eigenvalue weighted by Crippen LogP contribution is 2.26. The fourth-order valence-corrected chi connectivity index (χ4v) is 4.16. The van der Waals surface area contributed by atoms with Crippen LogP contribution < -0.4 is 20.3 Å². The van der Waals surface area contributed by atoms with Gasteiger partial charge in [-0.1, -0.05) is 25.7 Å². The molecule has 0 radical (unpaired) electrons. The molecule has 2 heterocycles. The summed E-state index contributed by atoms with van der Waals surface area (Å²) >= 11 is 5.51. The van der Waals surface area contributed by atoms with Crippen molar-refractivity contribution in [2.45, 2.75) is 76.8 Å². The van der Waals surface area contributed by atoms with E-state index in [1.807, 2.05) is 6.07 Å². The van der Waals surface area contributed by atoms with Crippen molar-refractivity contribution < 1.29 is 4.74 Å². The number of anilines is 2. The Balaban J connectivity index is 1.68. The molecule has 0 unspecified atom stereocenters. The monoisotopic (exact) mass is 377 g/mol. The molecular weight excluding hydrogens is 346 g/mol. The van der Waals surface area contributed by atoms with Crippen molar-refractivity contribution in [2.75, 3.05) is 23.9 Å². The number of ether oxygens (including phenoxy) is 1. The minimum atomic E-state index is 0.449. The number of methoxy groups -OCH3 is 1. The van der Waals surface area contributed by atoms with Gasteiger partial charge in [-0.15, -0.1) is 0 Å². The highest BCUT2D eigenvalue weighted by atomic mass is 32.1. The first-order valence-corrected chi connectivity index (χ1v) is 10.3. The fourth-order valence-electron chi connectivity index (χ4n) is 3.91. The van der Waals surface area contributed by atoms with Crippen LogP contribution in [0.4, 0.5) is 11.8 Å². The van der Waals surface area contributed by atoms with E-state index in [4.69, 9.17) is 21.9 Å². The minimum absolute atomic E-state index is 0.449. The van der Waals surface area contributed by atoms with Crippen LogP contribution in [-0.2, 0) is 0 Å². The lowest BCUT2D eigenvalue weighted by Gasteiger charge is -2.34. The van der Waals surface area contributed by atoms with E-state index in [0.29, 0.717) is 29.0 Å². The molecule has 0 spiro atoms. The standard InChI is InChI=1S/C19H31N5OS/c1-14-9-7-8-12-24(14)16-13-17(25-2)22-18(21-16)23-19(26)20-15-10-5-3-4-6-11-15/h13-15H,3-12H2,1-2H3,(H2,20,21,22,23,26)/t14-/m0/s1. The number of aromatic nitrogens is 2. The first-order valence-electron chi connectivity index (χ1n) is 9.93. The normalized spacial score (nSPS) is 21.8. The van der Waals surface area contributed by atoms with Crippen LogP contribution in [0.15, 0.2) is 6.07 Å². The molecule has 1 aliphatic carbocycles. The van der Waals surface area contributed by atoms with E-state index in [1.54, 1.807) is 7.11 Å². The van der Waals surface area contributed by atoms with E-state index < -0.39 is 0 Å². The third-order valence-electron chi connectivity index (χ3n) is 5.41. The summed E-state index contributed by atoms with van der Waals surface area (Å²) in [6, 6.07) is 2.84. The summed E-state index contributed by atoms with van der Waals surface area (Å²) in [4.78, 5) is 11.5. The Morgan fingerprint density at radius 2 is 1.85 bits per heavy atom. The third-order valence-corrected chi connectivity index (χ3v) is 5.63. The second-order valence-electron chi connectivity index (χ2n) is 7.42. The van der Waals surface area contributed by atoms with Crippen molar-refractivity contribution in [2.24, 2.45) is 0 Å². The molecule has 0 amide bonds. The summed E-state index contributed by atoms with van der Waals surface area (Å²) in [5, 5.41) is 7.21. The summed E-state index contributed by atoms with van der Waals surface area (Å²) < 4.78 is 5.39. The second-order valence-corrected chi connectivity index (χ2v) is 7.83. The van der Waals surface area contributed by atoms with E-state index in [9.17, 15) is 0 Å². The van der Waals surface area contributed by atoms with E-state index in [-0.39, 0.29) is 0 Å². The molecule has 0 aromatic carbocycles. The number of nitrogens with zero attached hydrogens (tertiary/aromatic N) is 3. The van der Waals surface area contributed by atoms with Crippen LogP contribution in [-0.4, -0.2) is 40.8 Å². The highest BCUT2D eigenvalue weighted by Gasteiger charge is 2.21. The predicted molar refractivity (Wildman–Crippen MR) is 110 cm³/mol. The first-order chi connectivity index (χ1) is 12.7. The molecule has 26 heavy (non-hydrogen) atoms. The Hall–Kier alpha value is -1.63. The van der Waals surface area contributed by atoms with Gasteiger partial charge in [0.2, 0.25) is 11.8 Å². The number of rotatable bonds is 4. The van der Waals surface area contributed by atoms with Gasteiger partial charge in [-0.3, -0.25) is 0 Å². The Morgan fingerprint density at radius 1 is 1.12 bits per heavy atom. The van der Waals surface area contributed by atoms with Gasteiger partial charge >= 0.3 is 0 Å². The zero-order valence-electron chi connectivity index (χ0n) is 16.0. The van der Waals surface area contributed by atoms with Crippen molar-refractivity contribution in [1.29, 1.82) is 0 Å². The van der Waals surface area contributed by atoms with Crippen molar-refractivity contribution in [3.8, 4) is 5.88 Å². The number of hydrogen-bond acceptors (Lipinski definition) is 5. The molecular formula is C19H31N5OS. The van der Waals surface area contributed by atoms with Crippen LogP contribution in [0.5, 0.6) is 5.88 Å². The van der Waals surface area contributed by atoms with Crippen molar-refractivity contribution >= 4 is 29.1 Å². The summed E-state index contributed by atoms with van der Waals surface area (Å²) in [5.74, 6) is 1.97. The van der Waals surface area contributed by atoms with Gasteiger partial charge in [0.15, 0.2) is 5.11 Å². The summed E-state index contributed by atoms with van der Waals surface area (Å²) in [5.41, 5.74) is 0. The lowest BCUT2D eigenvalue weighted by molar-refractivity contribution is 0.396. The van der Waals surface area contributed by atoms with Crippen LogP contribution in [0.3, 0.4) is 0 Å². The summed E-state index contributed by atoms with van der Waals surface area (Å²) in [7, 11) is 1.64. The van der Waals surface area contributed by atoms with Gasteiger partial charge in [0.05, 0.1) is 7.11 Å². The number of nitrogens with one attached hydrogen (secondary N) is 2. The van der Waals surface area contributed by atoms with Crippen molar-refractivity contribution in [3.63, 3.8) is 0 Å². The molecule has 1 saturated carbocycles. The molecule has 7 heteroatoms. The van der Waals surface area contributed by atoms with E-state index >= 15 is 0 Å². The van der Waals surface area contributed by atoms with Gasteiger partial charge in [0.25, 0.3) is 0 Å². The molecule has 3 rings (SSSR count). The topological polar surface area (TPSA) is 62.3 Å². The maximum atomic E-state index is 5.51. The maximum Gasteiger partial charge on any atom is 0.234 e. The van der Waals surface area contributed by atoms with Crippen LogP contribution in [0.1, 0.15) is 64.7 Å². The predicted octanol–water partition coefficient (Wildman–Crippen LogP) is 3.87. The third kappa shape index (κ3) is 5.19. The molecule has 2 fully saturated rings. The zero-order chi connectivity index (χ0) is 18.4. The number of thiocarbonyl (C=S) groups is 1. The largest absolute Gasteiger partial charge is 0.481 e. The fraction of sp³-hybridized carbons (Fsp3) is 0.737. The lowest BCUT2D eigenvalue weighted by Crippen LogP contribution is -2.39. The zero-order valence-corrected chi connectivity index (χ0v) is 16.8. The molecule has 1 aromatic heterocycles. The van der Waals surface area contributed by atoms with Crippen LogP contribution >= 0.6 is 12.2 Å². The van der Waals surface area contributed by atoms with Gasteiger partial charge in [-0.25, -0.2) is 0 Å². The van der Waals surface area contributed by atoms with Gasteiger partial charge in [-0.05, 0) is 51.2 Å². The van der Waals surface area contributed by atoms with E-state index in [2.05, 4.69) is 27.4 Å². The molecule has 1 aliphatic heterocycles. The minimum Gasteiger partial charge on any atom is -0.481 e. The molecule has 2 N–H and O–H groups in total. The summed E-state index contributed by atoms with van der Waals surface area (Å²) in [6.45, 7) is 3.27. The quantitative estimate of drug-likeness (QED) is 0.610. The van der Waals surface area contributed by atoms with Crippen LogP contribution in [0, 0.1) is 0 Å². The average molecular weight is 378 g/mol. The van der Waals surface area contributed by atoms with Gasteiger partial charge in [-0.2, -0.15) is 9.97 Å². The van der Waals surface area contributed by atoms with Crippen LogP contribution in [0.2, 0.25) is 0 Å². The molecule has 1 aromatic rings. The molecule has 144 valence electrons. The first kappa shape index (κ1) is 19.1. The maximum absolute atomic E-state index is 5.51. The number of piperidine rings is 1.